The predicted octanol–water partition coefficient (Wildman–Crippen LogP) is 5.99. The number of fused-ring (bicyclic) bond motifs is 1. The van der Waals surface area contributed by atoms with Crippen LogP contribution in [-0.2, 0) is 30.3 Å². The van der Waals surface area contributed by atoms with Gasteiger partial charge in [0.2, 0.25) is 0 Å². The van der Waals surface area contributed by atoms with Gasteiger partial charge < -0.3 is 23.7 Å². The molecule has 0 N–H and O–H groups in total. The lowest BCUT2D eigenvalue weighted by Crippen LogP contribution is -2.57. The van der Waals surface area contributed by atoms with Crippen LogP contribution in [0.5, 0.6) is 0 Å². The first-order valence-electron chi connectivity index (χ1n) is 12.3. The number of rotatable bonds is 13. The largest absolute Gasteiger partial charge is 0.365 e. The minimum absolute atomic E-state index is 0.105. The molecule has 2 fully saturated rings. The van der Waals surface area contributed by atoms with Crippen molar-refractivity contribution in [2.24, 2.45) is 0 Å². The van der Waals surface area contributed by atoms with E-state index in [1.807, 2.05) is 39.0 Å². The molecule has 0 unspecified atom stereocenters. The van der Waals surface area contributed by atoms with Crippen molar-refractivity contribution in [2.45, 2.75) is 122 Å². The Morgan fingerprint density at radius 3 is 2.19 bits per heavy atom. The van der Waals surface area contributed by atoms with Crippen molar-refractivity contribution in [3.8, 4) is 0 Å². The van der Waals surface area contributed by atoms with Crippen molar-refractivity contribution in [3.05, 3.63) is 35.9 Å². The molecule has 2 heterocycles. The summed E-state index contributed by atoms with van der Waals surface area (Å²) in [6.45, 7) is 9.36. The fourth-order valence-electron chi connectivity index (χ4n) is 4.47. The fourth-order valence-corrected chi connectivity index (χ4v) is 4.47. The molecule has 0 spiro atoms. The van der Waals surface area contributed by atoms with E-state index in [-0.39, 0.29) is 24.4 Å². The molecule has 5 atom stereocenters. The van der Waals surface area contributed by atoms with Gasteiger partial charge in [0.25, 0.3) is 0 Å². The van der Waals surface area contributed by atoms with E-state index < -0.39 is 12.1 Å². The predicted molar refractivity (Wildman–Crippen MR) is 122 cm³/mol. The fraction of sp³-hybridized carbons (Fsp3) is 0.769. The van der Waals surface area contributed by atoms with E-state index in [4.69, 9.17) is 23.7 Å². The molecular formula is C26H42O5. The van der Waals surface area contributed by atoms with Gasteiger partial charge in [-0.05, 0) is 32.8 Å². The monoisotopic (exact) mass is 434 g/mol. The summed E-state index contributed by atoms with van der Waals surface area (Å²) in [4.78, 5) is 0. The highest BCUT2D eigenvalue weighted by Crippen LogP contribution is 2.39. The number of hydrogen-bond donors (Lipinski definition) is 0. The molecule has 1 aromatic carbocycles. The summed E-state index contributed by atoms with van der Waals surface area (Å²) in [7, 11) is 0. The number of ether oxygens (including phenoxy) is 5. The number of benzene rings is 1. The summed E-state index contributed by atoms with van der Waals surface area (Å²) in [5.41, 5.74) is 1.12. The summed E-state index contributed by atoms with van der Waals surface area (Å²) in [5.74, 6) is -0.645. The Kier molecular flexibility index (Phi) is 9.79. The van der Waals surface area contributed by atoms with E-state index in [0.29, 0.717) is 13.2 Å². The molecule has 2 aliphatic rings. The molecule has 3 rings (SSSR count). The van der Waals surface area contributed by atoms with Crippen LogP contribution >= 0.6 is 0 Å². The van der Waals surface area contributed by atoms with E-state index in [0.717, 1.165) is 12.0 Å². The normalized spacial score (nSPS) is 29.7. The lowest BCUT2D eigenvalue weighted by atomic mass is 9.99. The second-order valence-electron chi connectivity index (χ2n) is 9.38. The molecule has 0 saturated carbocycles. The first kappa shape index (κ1) is 24.7. The Morgan fingerprint density at radius 2 is 1.48 bits per heavy atom. The van der Waals surface area contributed by atoms with Crippen molar-refractivity contribution < 1.29 is 23.7 Å². The Balaban J connectivity index is 1.50. The van der Waals surface area contributed by atoms with Crippen molar-refractivity contribution in [1.82, 2.24) is 0 Å². The number of unbranched alkanes of at least 4 members (excludes halogenated alkanes) is 7. The zero-order valence-electron chi connectivity index (χ0n) is 19.9. The third kappa shape index (κ3) is 7.54. The minimum atomic E-state index is -0.645. The first-order chi connectivity index (χ1) is 15.0. The Labute approximate surface area is 188 Å². The van der Waals surface area contributed by atoms with E-state index in [9.17, 15) is 0 Å². The van der Waals surface area contributed by atoms with Gasteiger partial charge in [0.15, 0.2) is 12.1 Å². The zero-order chi connectivity index (χ0) is 22.1. The SMILES string of the molecule is CCCCCCCCCCO[C@H]1O[C@@H](C)[C@H]2OC(C)(C)O[C@H]2[C@@H]1OCc1ccccc1. The van der Waals surface area contributed by atoms with Gasteiger partial charge in [0, 0.05) is 6.61 Å². The van der Waals surface area contributed by atoms with Crippen LogP contribution in [0.1, 0.15) is 84.6 Å². The summed E-state index contributed by atoms with van der Waals surface area (Å²) < 4.78 is 31.1. The molecule has 0 aliphatic carbocycles. The van der Waals surface area contributed by atoms with Crippen LogP contribution in [0.2, 0.25) is 0 Å². The minimum Gasteiger partial charge on any atom is -0.365 e. The van der Waals surface area contributed by atoms with Gasteiger partial charge in [-0.15, -0.1) is 0 Å². The highest BCUT2D eigenvalue weighted by Gasteiger charge is 2.54. The molecule has 176 valence electrons. The average molecular weight is 435 g/mol. The molecule has 5 nitrogen and oxygen atoms in total. The van der Waals surface area contributed by atoms with E-state index in [1.165, 1.54) is 44.9 Å². The van der Waals surface area contributed by atoms with Gasteiger partial charge in [0.1, 0.15) is 18.3 Å². The van der Waals surface area contributed by atoms with Crippen LogP contribution in [0.3, 0.4) is 0 Å². The van der Waals surface area contributed by atoms with Crippen molar-refractivity contribution in [2.75, 3.05) is 6.61 Å². The summed E-state index contributed by atoms with van der Waals surface area (Å²) in [6, 6.07) is 10.2. The highest BCUT2D eigenvalue weighted by molar-refractivity contribution is 5.13. The Morgan fingerprint density at radius 1 is 0.839 bits per heavy atom. The molecule has 0 bridgehead atoms. The Hall–Kier alpha value is -0.980. The van der Waals surface area contributed by atoms with Crippen LogP contribution in [0.15, 0.2) is 30.3 Å². The maximum Gasteiger partial charge on any atom is 0.186 e. The summed E-state index contributed by atoms with van der Waals surface area (Å²) in [6.07, 6.45) is 8.99. The topological polar surface area (TPSA) is 46.2 Å². The van der Waals surface area contributed by atoms with E-state index in [2.05, 4.69) is 19.1 Å². The summed E-state index contributed by atoms with van der Waals surface area (Å²) in [5, 5.41) is 0. The first-order valence-corrected chi connectivity index (χ1v) is 12.3. The zero-order valence-corrected chi connectivity index (χ0v) is 19.9. The lowest BCUT2D eigenvalue weighted by Gasteiger charge is -2.40. The lowest BCUT2D eigenvalue weighted by molar-refractivity contribution is -0.286. The smallest absolute Gasteiger partial charge is 0.186 e. The molecule has 0 radical (unpaired) electrons. The molecule has 2 saturated heterocycles. The maximum atomic E-state index is 6.32. The molecule has 0 amide bonds. The molecule has 2 aliphatic heterocycles. The van der Waals surface area contributed by atoms with E-state index >= 15 is 0 Å². The van der Waals surface area contributed by atoms with Crippen LogP contribution in [-0.4, -0.2) is 43.1 Å². The average Bonchev–Trinajstić information content (AvgIpc) is 3.08. The third-order valence-electron chi connectivity index (χ3n) is 6.13. The highest BCUT2D eigenvalue weighted by atomic mass is 16.8. The van der Waals surface area contributed by atoms with Crippen molar-refractivity contribution in [3.63, 3.8) is 0 Å². The second-order valence-corrected chi connectivity index (χ2v) is 9.38. The molecule has 31 heavy (non-hydrogen) atoms. The standard InChI is InChI=1S/C26H42O5/c1-5-6-7-8-9-10-11-15-18-27-25-24(28-19-21-16-13-12-14-17-21)23-22(20(2)29-25)30-26(3,4)31-23/h12-14,16-17,20,22-25H,5-11,15,18-19H2,1-4H3/t20-,22+,23+,24-,25-/m0/s1. The molecule has 1 aromatic rings. The van der Waals surface area contributed by atoms with Gasteiger partial charge in [-0.25, -0.2) is 0 Å². The van der Waals surface area contributed by atoms with Crippen LogP contribution in [0.4, 0.5) is 0 Å². The second kappa shape index (κ2) is 12.3. The van der Waals surface area contributed by atoms with Crippen LogP contribution < -0.4 is 0 Å². The van der Waals surface area contributed by atoms with Crippen LogP contribution in [0, 0.1) is 0 Å². The van der Waals surface area contributed by atoms with Gasteiger partial charge >= 0.3 is 0 Å². The number of hydrogen-bond acceptors (Lipinski definition) is 5. The Bertz CT molecular complexity index is 619. The maximum absolute atomic E-state index is 6.32. The molecule has 5 heteroatoms. The van der Waals surface area contributed by atoms with Crippen LogP contribution in [0.25, 0.3) is 0 Å². The van der Waals surface area contributed by atoms with Gasteiger partial charge in [-0.2, -0.15) is 0 Å². The van der Waals surface area contributed by atoms with Gasteiger partial charge in [0.05, 0.1) is 12.7 Å². The van der Waals surface area contributed by atoms with Gasteiger partial charge in [-0.1, -0.05) is 82.2 Å². The molecular weight excluding hydrogens is 392 g/mol. The quantitative estimate of drug-likeness (QED) is 0.357. The van der Waals surface area contributed by atoms with E-state index in [1.54, 1.807) is 0 Å². The summed E-state index contributed by atoms with van der Waals surface area (Å²) >= 11 is 0. The van der Waals surface area contributed by atoms with Crippen molar-refractivity contribution >= 4 is 0 Å². The van der Waals surface area contributed by atoms with Gasteiger partial charge in [-0.3, -0.25) is 0 Å². The third-order valence-corrected chi connectivity index (χ3v) is 6.13. The molecule has 0 aromatic heterocycles. The van der Waals surface area contributed by atoms with Crippen molar-refractivity contribution in [1.29, 1.82) is 0 Å².